The van der Waals surface area contributed by atoms with Gasteiger partial charge in [0.25, 0.3) is 5.91 Å². The lowest BCUT2D eigenvalue weighted by molar-refractivity contribution is -0.0507. The lowest BCUT2D eigenvalue weighted by Gasteiger charge is -2.31. The first-order chi connectivity index (χ1) is 20.7. The highest BCUT2D eigenvalue weighted by Crippen LogP contribution is 2.50. The molecule has 0 unspecified atom stereocenters. The Labute approximate surface area is 241 Å². The molecule has 10 heteroatoms. The van der Waals surface area contributed by atoms with Crippen LogP contribution < -0.4 is 4.74 Å². The second kappa shape index (κ2) is 10.1. The molecule has 6 rings (SSSR count). The smallest absolute Gasteiger partial charge is 0.410 e. The summed E-state index contributed by atoms with van der Waals surface area (Å²) < 4.78 is 63.5. The number of fused-ring (bicyclic) bond motifs is 9. The highest BCUT2D eigenvalue weighted by Gasteiger charge is 2.45. The summed E-state index contributed by atoms with van der Waals surface area (Å²) in [7, 11) is 0. The largest absolute Gasteiger partial charge is 0.444 e. The molecule has 41 heavy (non-hydrogen) atoms. The molecule has 0 N–H and O–H groups in total. The quantitative estimate of drug-likeness (QED) is 0.370. The van der Waals surface area contributed by atoms with Crippen LogP contribution >= 0.6 is 0 Å². The van der Waals surface area contributed by atoms with Crippen LogP contribution in [0.3, 0.4) is 0 Å². The number of hydrogen-bond acceptors (Lipinski definition) is 5. The summed E-state index contributed by atoms with van der Waals surface area (Å²) >= 11 is 0. The zero-order chi connectivity index (χ0) is 31.6. The summed E-state index contributed by atoms with van der Waals surface area (Å²) in [6.07, 6.45) is 1.24. The van der Waals surface area contributed by atoms with Crippen molar-refractivity contribution in [2.75, 3.05) is 20.1 Å². The van der Waals surface area contributed by atoms with Crippen molar-refractivity contribution >= 4 is 23.0 Å². The third-order valence-corrected chi connectivity index (χ3v) is 7.72. The lowest BCUT2D eigenvalue weighted by atomic mass is 9.97. The number of rotatable bonds is 2. The van der Waals surface area contributed by atoms with Crippen molar-refractivity contribution in [1.29, 1.82) is 0 Å². The summed E-state index contributed by atoms with van der Waals surface area (Å²) in [4.78, 5) is 33.2. The minimum Gasteiger partial charge on any atom is -0.444 e. The zero-order valence-corrected chi connectivity index (χ0v) is 23.0. The van der Waals surface area contributed by atoms with Crippen LogP contribution in [-0.2, 0) is 4.74 Å². The van der Waals surface area contributed by atoms with E-state index in [4.69, 9.17) is 18.6 Å². The van der Waals surface area contributed by atoms with E-state index in [1.54, 1.807) is 11.0 Å². The molecule has 2 bridgehead atoms. The van der Waals surface area contributed by atoms with Crippen LogP contribution in [0, 0.1) is 17.8 Å². The predicted molar refractivity (Wildman–Crippen MR) is 148 cm³/mol. The van der Waals surface area contributed by atoms with Crippen LogP contribution in [0.1, 0.15) is 83.5 Å². The Hall–Kier alpha value is -4.13. The van der Waals surface area contributed by atoms with Gasteiger partial charge in [-0.1, -0.05) is 17.9 Å². The van der Waals surface area contributed by atoms with Gasteiger partial charge in [-0.25, -0.2) is 9.78 Å². The van der Waals surface area contributed by atoms with Crippen LogP contribution in [0.4, 0.5) is 13.6 Å². The maximum absolute atomic E-state index is 13.6. The third-order valence-electron chi connectivity index (χ3n) is 7.72. The van der Waals surface area contributed by atoms with Gasteiger partial charge in [0.05, 0.1) is 23.1 Å². The molecule has 3 aliphatic rings. The van der Waals surface area contributed by atoms with E-state index in [0.717, 1.165) is 4.90 Å². The molecule has 214 valence electrons. The average Bonchev–Trinajstić information content (AvgIpc) is 3.43. The number of likely N-dealkylation sites (tertiary alicyclic amines) is 1. The second-order valence-corrected chi connectivity index (χ2v) is 11.6. The minimum absolute atomic E-state index is 0.00736. The number of carbonyl (C=O) groups is 2. The molecule has 2 aromatic carbocycles. The van der Waals surface area contributed by atoms with Crippen molar-refractivity contribution in [3.8, 4) is 17.6 Å². The number of ether oxygens (including phenoxy) is 2. The van der Waals surface area contributed by atoms with Crippen LogP contribution in [-0.4, -0.2) is 63.6 Å². The zero-order valence-electron chi connectivity index (χ0n) is 26.0. The maximum atomic E-state index is 13.6. The molecule has 2 amide bonds. The van der Waals surface area contributed by atoms with Crippen molar-refractivity contribution in [3.63, 3.8) is 0 Å². The first-order valence-electron chi connectivity index (χ1n) is 15.1. The highest BCUT2D eigenvalue weighted by molar-refractivity contribution is 5.97. The van der Waals surface area contributed by atoms with E-state index < -0.39 is 37.2 Å². The summed E-state index contributed by atoms with van der Waals surface area (Å²) in [5.41, 5.74) is 1.58. The molecule has 3 aromatic rings. The fraction of sp³-hybridized carbons (Fsp3) is 0.452. The van der Waals surface area contributed by atoms with Crippen molar-refractivity contribution in [2.24, 2.45) is 5.92 Å². The molecule has 0 saturated carbocycles. The Morgan fingerprint density at radius 3 is 2.66 bits per heavy atom. The Balaban J connectivity index is 1.34. The molecule has 8 nitrogen and oxygen atoms in total. The van der Waals surface area contributed by atoms with Crippen molar-refractivity contribution in [3.05, 3.63) is 58.9 Å². The van der Waals surface area contributed by atoms with Crippen LogP contribution in [0.2, 0.25) is 0 Å². The SMILES string of the molecule is [2H]C([2H])([2H])N1C(=O)c2cccc(OC(F)F)c2[C@H]2C[C@@H]1c1nc3ccc(C#CC4CCN(C(=O)OC(C)(C)C)CC4)cc3n12. The first kappa shape index (κ1) is 23.6. The van der Waals surface area contributed by atoms with E-state index in [9.17, 15) is 18.4 Å². The molecule has 1 saturated heterocycles. The molecule has 2 atom stereocenters. The van der Waals surface area contributed by atoms with E-state index in [2.05, 4.69) is 11.8 Å². The first-order valence-corrected chi connectivity index (χ1v) is 13.6. The van der Waals surface area contributed by atoms with Gasteiger partial charge < -0.3 is 23.8 Å². The number of piperidine rings is 1. The lowest BCUT2D eigenvalue weighted by Crippen LogP contribution is -2.41. The number of carbonyl (C=O) groups excluding carboxylic acids is 2. The Kier molecular flexibility index (Phi) is 5.78. The number of amides is 2. The number of aromatic nitrogens is 2. The van der Waals surface area contributed by atoms with Gasteiger partial charge in [-0.3, -0.25) is 4.79 Å². The van der Waals surface area contributed by atoms with E-state index in [-0.39, 0.29) is 35.3 Å². The number of halogens is 2. The number of alkyl halides is 2. The van der Waals surface area contributed by atoms with Gasteiger partial charge in [0.15, 0.2) is 0 Å². The van der Waals surface area contributed by atoms with Gasteiger partial charge in [-0.05, 0) is 63.9 Å². The molecule has 3 aliphatic heterocycles. The number of hydrogen-bond donors (Lipinski definition) is 0. The van der Waals surface area contributed by atoms with E-state index in [0.29, 0.717) is 48.4 Å². The fourth-order valence-electron chi connectivity index (χ4n) is 5.90. The van der Waals surface area contributed by atoms with E-state index >= 15 is 0 Å². The van der Waals surface area contributed by atoms with Crippen LogP contribution in [0.5, 0.6) is 5.75 Å². The molecule has 0 aliphatic carbocycles. The predicted octanol–water partition coefficient (Wildman–Crippen LogP) is 5.76. The topological polar surface area (TPSA) is 76.9 Å². The number of nitrogens with zero attached hydrogens (tertiary/aromatic N) is 4. The van der Waals surface area contributed by atoms with Gasteiger partial charge in [0.1, 0.15) is 17.2 Å². The molecule has 0 spiro atoms. The fourth-order valence-corrected chi connectivity index (χ4v) is 5.90. The normalized spacial score (nSPS) is 21.8. The van der Waals surface area contributed by atoms with E-state index in [1.807, 2.05) is 37.5 Å². The summed E-state index contributed by atoms with van der Waals surface area (Å²) in [5.74, 6) is 6.05. The molecule has 1 fully saturated rings. The Bertz CT molecular complexity index is 1700. The number of imidazole rings is 1. The van der Waals surface area contributed by atoms with Gasteiger partial charge in [-0.15, -0.1) is 0 Å². The Morgan fingerprint density at radius 1 is 1.17 bits per heavy atom. The molecular formula is C31H32F2N4O4. The van der Waals surface area contributed by atoms with Crippen molar-refractivity contribution in [1.82, 2.24) is 19.4 Å². The van der Waals surface area contributed by atoms with Gasteiger partial charge in [0.2, 0.25) is 0 Å². The average molecular weight is 566 g/mol. The number of benzene rings is 2. The van der Waals surface area contributed by atoms with Crippen molar-refractivity contribution in [2.45, 2.75) is 64.3 Å². The summed E-state index contributed by atoms with van der Waals surface area (Å²) in [5, 5.41) is 0. The molecule has 0 radical (unpaired) electrons. The molecular weight excluding hydrogens is 530 g/mol. The van der Waals surface area contributed by atoms with Crippen LogP contribution in [0.15, 0.2) is 36.4 Å². The summed E-state index contributed by atoms with van der Waals surface area (Å²) in [6.45, 7) is 0.678. The van der Waals surface area contributed by atoms with Gasteiger partial charge in [0, 0.05) is 53.2 Å². The third kappa shape index (κ3) is 4.98. The van der Waals surface area contributed by atoms with Gasteiger partial charge in [-0.2, -0.15) is 8.78 Å². The second-order valence-electron chi connectivity index (χ2n) is 11.6. The summed E-state index contributed by atoms with van der Waals surface area (Å²) in [6, 6.07) is 8.10. The standard InChI is InChI=1S/C31H32F2N4O4/c1-31(2,3)41-30(39)36-14-12-18(13-15-36)8-9-19-10-11-21-22(16-19)37-23-17-24(27(37)34-21)35(4)28(38)20-6-5-7-25(26(20)23)40-29(32)33/h5-7,10-11,16,18,23-24,29H,12-15,17H2,1-4H3/t23-,24-/m1/s1/i4D3. The molecule has 4 heterocycles. The van der Waals surface area contributed by atoms with Crippen LogP contribution in [0.25, 0.3) is 11.0 Å². The van der Waals surface area contributed by atoms with Gasteiger partial charge >= 0.3 is 12.7 Å². The Morgan fingerprint density at radius 2 is 1.95 bits per heavy atom. The minimum atomic E-state index is -3.13. The molecule has 1 aromatic heterocycles. The van der Waals surface area contributed by atoms with Crippen molar-refractivity contribution < 1.29 is 32.0 Å². The monoisotopic (exact) mass is 565 g/mol. The van der Waals surface area contributed by atoms with E-state index in [1.165, 1.54) is 18.2 Å². The maximum Gasteiger partial charge on any atom is 0.410 e. The highest BCUT2D eigenvalue weighted by atomic mass is 19.3.